The smallest absolute Gasteiger partial charge is 0.235 e. The number of sulfonamides is 1. The molecule has 0 atom stereocenters. The highest BCUT2D eigenvalue weighted by atomic mass is 32.2. The van der Waals surface area contributed by atoms with Gasteiger partial charge in [0.2, 0.25) is 10.0 Å². The second-order valence-electron chi connectivity index (χ2n) is 5.76. The lowest BCUT2D eigenvalue weighted by Crippen LogP contribution is -2.17. The van der Waals surface area contributed by atoms with E-state index in [0.29, 0.717) is 35.4 Å². The van der Waals surface area contributed by atoms with Gasteiger partial charge < -0.3 is 0 Å². The number of pyridine rings is 2. The van der Waals surface area contributed by atoms with Crippen molar-refractivity contribution < 1.29 is 13.2 Å². The van der Waals surface area contributed by atoms with Gasteiger partial charge in [-0.3, -0.25) is 19.1 Å². The minimum absolute atomic E-state index is 0.294. The van der Waals surface area contributed by atoms with Gasteiger partial charge in [0.15, 0.2) is 6.29 Å². The minimum atomic E-state index is -3.33. The molecule has 24 heavy (non-hydrogen) atoms. The standard InChI is InChI=1S/C16H14N4O3S/c21-10-11-5-12-3-4-20(16(12)18-7-11)14-6-13(8-17-9-14)19-24(22,23)15-1-2-15/h3-10,15,19H,1-2H2. The van der Waals surface area contributed by atoms with Crippen molar-refractivity contribution in [1.82, 2.24) is 14.5 Å². The number of carbonyl (C=O) groups excluding carboxylic acids is 1. The molecule has 0 bridgehead atoms. The zero-order valence-electron chi connectivity index (χ0n) is 12.6. The quantitative estimate of drug-likeness (QED) is 0.717. The van der Waals surface area contributed by atoms with Crippen LogP contribution < -0.4 is 4.72 Å². The molecule has 1 fully saturated rings. The Morgan fingerprint density at radius 2 is 2.04 bits per heavy atom. The number of anilines is 1. The molecular weight excluding hydrogens is 328 g/mol. The maximum absolute atomic E-state index is 12.1. The van der Waals surface area contributed by atoms with Crippen LogP contribution in [0, 0.1) is 0 Å². The SMILES string of the molecule is O=Cc1cnc2c(ccn2-c2cncc(NS(=O)(=O)C3CC3)c2)c1. The van der Waals surface area contributed by atoms with Gasteiger partial charge in [-0.2, -0.15) is 0 Å². The zero-order chi connectivity index (χ0) is 16.7. The topological polar surface area (TPSA) is 93.9 Å². The van der Waals surface area contributed by atoms with Gasteiger partial charge in [0.25, 0.3) is 0 Å². The van der Waals surface area contributed by atoms with Crippen LogP contribution >= 0.6 is 0 Å². The van der Waals surface area contributed by atoms with Crippen LogP contribution in [0.15, 0.2) is 43.0 Å². The normalized spacial score (nSPS) is 14.7. The van der Waals surface area contributed by atoms with Gasteiger partial charge in [-0.15, -0.1) is 0 Å². The van der Waals surface area contributed by atoms with Crippen molar-refractivity contribution in [3.05, 3.63) is 48.5 Å². The molecule has 1 saturated carbocycles. The average Bonchev–Trinajstić information content (AvgIpc) is 3.35. The largest absolute Gasteiger partial charge is 0.300 e. The number of hydrogen-bond donors (Lipinski definition) is 1. The van der Waals surface area contributed by atoms with Crippen LogP contribution in [0.5, 0.6) is 0 Å². The second-order valence-corrected chi connectivity index (χ2v) is 7.72. The summed E-state index contributed by atoms with van der Waals surface area (Å²) >= 11 is 0. The summed E-state index contributed by atoms with van der Waals surface area (Å²) in [5, 5.41) is 0.528. The maximum atomic E-state index is 12.1. The Balaban J connectivity index is 1.72. The second kappa shape index (κ2) is 5.41. The van der Waals surface area contributed by atoms with Crippen molar-refractivity contribution in [3.8, 4) is 5.69 Å². The first-order chi connectivity index (χ1) is 11.6. The van der Waals surface area contributed by atoms with Crippen LogP contribution in [-0.4, -0.2) is 34.5 Å². The molecule has 0 aromatic carbocycles. The molecule has 4 rings (SSSR count). The van der Waals surface area contributed by atoms with E-state index >= 15 is 0 Å². The van der Waals surface area contributed by atoms with Crippen LogP contribution in [0.2, 0.25) is 0 Å². The number of hydrogen-bond acceptors (Lipinski definition) is 5. The van der Waals surface area contributed by atoms with E-state index in [-0.39, 0.29) is 5.25 Å². The average molecular weight is 342 g/mol. The van der Waals surface area contributed by atoms with Crippen LogP contribution in [0.3, 0.4) is 0 Å². The molecule has 1 aliphatic rings. The van der Waals surface area contributed by atoms with Gasteiger partial charge in [0.1, 0.15) is 5.65 Å². The Morgan fingerprint density at radius 1 is 1.21 bits per heavy atom. The van der Waals surface area contributed by atoms with Gasteiger partial charge in [-0.1, -0.05) is 0 Å². The third-order valence-corrected chi connectivity index (χ3v) is 5.78. The Labute approximate surface area is 138 Å². The van der Waals surface area contributed by atoms with E-state index in [1.807, 2.05) is 12.3 Å². The lowest BCUT2D eigenvalue weighted by molar-refractivity contribution is 0.112. The number of aldehydes is 1. The molecule has 3 aromatic heterocycles. The third kappa shape index (κ3) is 2.65. The molecule has 8 heteroatoms. The Morgan fingerprint density at radius 3 is 2.79 bits per heavy atom. The molecule has 0 amide bonds. The highest BCUT2D eigenvalue weighted by Crippen LogP contribution is 2.30. The number of nitrogens with one attached hydrogen (secondary N) is 1. The van der Waals surface area contributed by atoms with Crippen molar-refractivity contribution in [1.29, 1.82) is 0 Å². The summed E-state index contributed by atoms with van der Waals surface area (Å²) in [7, 11) is -3.33. The number of fused-ring (bicyclic) bond motifs is 1. The summed E-state index contributed by atoms with van der Waals surface area (Å²) < 4.78 is 28.5. The highest BCUT2D eigenvalue weighted by Gasteiger charge is 2.35. The Kier molecular flexibility index (Phi) is 3.34. The molecule has 0 aliphatic heterocycles. The molecule has 0 saturated heterocycles. The number of nitrogens with zero attached hydrogens (tertiary/aromatic N) is 3. The number of aromatic nitrogens is 3. The molecule has 0 unspecified atom stereocenters. The molecule has 0 spiro atoms. The molecule has 122 valence electrons. The fourth-order valence-corrected chi connectivity index (χ4v) is 3.92. The van der Waals surface area contributed by atoms with Gasteiger partial charge in [-0.25, -0.2) is 13.4 Å². The van der Waals surface area contributed by atoms with E-state index in [1.165, 1.54) is 12.4 Å². The summed E-state index contributed by atoms with van der Waals surface area (Å²) in [6.45, 7) is 0. The molecule has 0 radical (unpaired) electrons. The van der Waals surface area contributed by atoms with Crippen molar-refractivity contribution in [2.75, 3.05) is 4.72 Å². The van der Waals surface area contributed by atoms with Gasteiger partial charge in [0.05, 0.1) is 29.0 Å². The van der Waals surface area contributed by atoms with E-state index in [4.69, 9.17) is 0 Å². The van der Waals surface area contributed by atoms with E-state index in [2.05, 4.69) is 14.7 Å². The van der Waals surface area contributed by atoms with Crippen LogP contribution in [0.4, 0.5) is 5.69 Å². The minimum Gasteiger partial charge on any atom is -0.300 e. The molecule has 7 nitrogen and oxygen atoms in total. The summed E-state index contributed by atoms with van der Waals surface area (Å²) in [5.41, 5.74) is 2.28. The molecule has 3 heterocycles. The number of carbonyl (C=O) groups is 1. The number of rotatable bonds is 5. The predicted octanol–water partition coefficient (Wildman–Crippen LogP) is 2.14. The van der Waals surface area contributed by atoms with E-state index < -0.39 is 10.0 Å². The Hall–Kier alpha value is -2.74. The first-order valence-corrected chi connectivity index (χ1v) is 9.01. The van der Waals surface area contributed by atoms with Crippen LogP contribution in [0.1, 0.15) is 23.2 Å². The maximum Gasteiger partial charge on any atom is 0.235 e. The molecule has 1 aliphatic carbocycles. The fourth-order valence-electron chi connectivity index (χ4n) is 2.56. The lowest BCUT2D eigenvalue weighted by Gasteiger charge is -2.09. The van der Waals surface area contributed by atoms with Crippen molar-refractivity contribution >= 4 is 33.0 Å². The van der Waals surface area contributed by atoms with Gasteiger partial charge >= 0.3 is 0 Å². The zero-order valence-corrected chi connectivity index (χ0v) is 13.4. The van der Waals surface area contributed by atoms with Crippen LogP contribution in [-0.2, 0) is 10.0 Å². The summed E-state index contributed by atoms with van der Waals surface area (Å²) in [5.74, 6) is 0. The van der Waals surface area contributed by atoms with Crippen LogP contribution in [0.25, 0.3) is 16.7 Å². The van der Waals surface area contributed by atoms with Gasteiger partial charge in [0, 0.05) is 23.3 Å². The molecular formula is C16H14N4O3S. The van der Waals surface area contributed by atoms with E-state index in [9.17, 15) is 13.2 Å². The molecule has 1 N–H and O–H groups in total. The molecule has 3 aromatic rings. The fraction of sp³-hybridized carbons (Fsp3) is 0.188. The van der Waals surface area contributed by atoms with Crippen molar-refractivity contribution in [2.24, 2.45) is 0 Å². The summed E-state index contributed by atoms with van der Waals surface area (Å²) in [4.78, 5) is 19.3. The summed E-state index contributed by atoms with van der Waals surface area (Å²) in [6.07, 6.45) is 8.57. The van der Waals surface area contributed by atoms with Gasteiger partial charge in [-0.05, 0) is 31.0 Å². The third-order valence-electron chi connectivity index (χ3n) is 3.91. The first kappa shape index (κ1) is 14.8. The lowest BCUT2D eigenvalue weighted by atomic mass is 10.2. The Bertz CT molecular complexity index is 1040. The first-order valence-electron chi connectivity index (χ1n) is 7.46. The van der Waals surface area contributed by atoms with Crippen molar-refractivity contribution in [3.63, 3.8) is 0 Å². The van der Waals surface area contributed by atoms with Crippen molar-refractivity contribution in [2.45, 2.75) is 18.1 Å². The summed E-state index contributed by atoms with van der Waals surface area (Å²) in [6, 6.07) is 5.30. The predicted molar refractivity (Wildman–Crippen MR) is 89.8 cm³/mol. The van der Waals surface area contributed by atoms with E-state index in [1.54, 1.807) is 22.9 Å². The highest BCUT2D eigenvalue weighted by molar-refractivity contribution is 7.93. The van der Waals surface area contributed by atoms with E-state index in [0.717, 1.165) is 11.7 Å². The monoisotopic (exact) mass is 342 g/mol.